The number of anilines is 2. The molecule has 4 heterocycles. The number of hydrogen-bond acceptors (Lipinski definition) is 7. The maximum atomic E-state index is 12.8. The number of aromatic nitrogens is 2. The topological polar surface area (TPSA) is 74.5 Å². The molecule has 8 heteroatoms. The smallest absolute Gasteiger partial charge is 0.298 e. The zero-order chi connectivity index (χ0) is 22.1. The molecule has 0 unspecified atom stereocenters. The van der Waals surface area contributed by atoms with Gasteiger partial charge in [0.2, 0.25) is 5.91 Å². The van der Waals surface area contributed by atoms with Crippen LogP contribution in [0.15, 0.2) is 34.1 Å². The number of benzene rings is 1. The second-order valence-corrected chi connectivity index (χ2v) is 10.4. The van der Waals surface area contributed by atoms with Crippen LogP contribution >= 0.6 is 11.3 Å². The van der Waals surface area contributed by atoms with Crippen LogP contribution in [0.5, 0.6) is 0 Å². The number of carbonyl (C=O) groups is 1. The third-order valence-electron chi connectivity index (χ3n) is 6.53. The first-order valence-corrected chi connectivity index (χ1v) is 12.5. The van der Waals surface area contributed by atoms with Gasteiger partial charge in [0, 0.05) is 44.0 Å². The average molecular weight is 454 g/mol. The summed E-state index contributed by atoms with van der Waals surface area (Å²) in [5, 5.41) is 5.85. The molecule has 0 spiro atoms. The molecule has 2 saturated heterocycles. The van der Waals surface area contributed by atoms with E-state index in [4.69, 9.17) is 4.42 Å². The number of hydrogen-bond donors (Lipinski definition) is 1. The number of amides is 1. The van der Waals surface area contributed by atoms with E-state index in [1.165, 1.54) is 17.8 Å². The van der Waals surface area contributed by atoms with Crippen molar-refractivity contribution in [1.82, 2.24) is 14.9 Å². The summed E-state index contributed by atoms with van der Waals surface area (Å²) in [6.07, 6.45) is 2.87. The number of rotatable bonds is 5. The van der Waals surface area contributed by atoms with E-state index in [2.05, 4.69) is 44.3 Å². The van der Waals surface area contributed by atoms with E-state index in [1.807, 2.05) is 24.3 Å². The fourth-order valence-electron chi connectivity index (χ4n) is 5.12. The first-order chi connectivity index (χ1) is 15.5. The zero-order valence-electron chi connectivity index (χ0n) is 18.8. The summed E-state index contributed by atoms with van der Waals surface area (Å²) in [6, 6.07) is 8.45. The van der Waals surface area contributed by atoms with Crippen LogP contribution in [-0.4, -0.2) is 47.0 Å². The van der Waals surface area contributed by atoms with Crippen molar-refractivity contribution in [2.24, 2.45) is 17.8 Å². The van der Waals surface area contributed by atoms with Gasteiger partial charge in [0.15, 0.2) is 10.7 Å². The molecule has 0 aliphatic carbocycles. The van der Waals surface area contributed by atoms with Crippen molar-refractivity contribution in [3.05, 3.63) is 35.3 Å². The summed E-state index contributed by atoms with van der Waals surface area (Å²) in [7, 11) is 0. The second kappa shape index (κ2) is 9.19. The van der Waals surface area contributed by atoms with E-state index in [0.717, 1.165) is 74.2 Å². The Hall–Kier alpha value is -2.45. The van der Waals surface area contributed by atoms with Gasteiger partial charge in [0.25, 0.3) is 6.01 Å². The molecule has 2 aliphatic rings. The number of fused-ring (bicyclic) bond motifs is 1. The predicted octanol–water partition coefficient (Wildman–Crippen LogP) is 4.62. The molecular formula is C24H31N5O2S. The molecule has 0 bridgehead atoms. The number of thiazole rings is 1. The minimum Gasteiger partial charge on any atom is -0.423 e. The lowest BCUT2D eigenvalue weighted by atomic mass is 9.92. The SMILES string of the molecule is C[C@H]1C[C@H](C)CN(Cc2csc(NC(=O)C3CCN(c4nc5ccccc5o4)CC3)n2)C1. The molecule has 0 saturated carbocycles. The van der Waals surface area contributed by atoms with Crippen LogP contribution in [0.25, 0.3) is 11.1 Å². The van der Waals surface area contributed by atoms with Crippen LogP contribution in [0.2, 0.25) is 0 Å². The molecule has 32 heavy (non-hydrogen) atoms. The zero-order valence-corrected chi connectivity index (χ0v) is 19.6. The molecule has 0 radical (unpaired) electrons. The van der Waals surface area contributed by atoms with E-state index < -0.39 is 0 Å². The highest BCUT2D eigenvalue weighted by molar-refractivity contribution is 7.13. The van der Waals surface area contributed by atoms with E-state index in [9.17, 15) is 4.79 Å². The van der Waals surface area contributed by atoms with Gasteiger partial charge in [0.1, 0.15) is 5.52 Å². The normalized spacial score (nSPS) is 23.0. The molecule has 2 fully saturated rings. The number of nitrogens with zero attached hydrogens (tertiary/aromatic N) is 4. The van der Waals surface area contributed by atoms with Crippen LogP contribution in [0, 0.1) is 17.8 Å². The number of likely N-dealkylation sites (tertiary alicyclic amines) is 1. The number of carbonyl (C=O) groups excluding carboxylic acids is 1. The molecule has 170 valence electrons. The van der Waals surface area contributed by atoms with Crippen molar-refractivity contribution in [2.75, 3.05) is 36.4 Å². The molecule has 2 atom stereocenters. The van der Waals surface area contributed by atoms with Crippen molar-refractivity contribution in [2.45, 2.75) is 39.7 Å². The highest BCUT2D eigenvalue weighted by Gasteiger charge is 2.28. The van der Waals surface area contributed by atoms with Crippen molar-refractivity contribution in [3.63, 3.8) is 0 Å². The van der Waals surface area contributed by atoms with Crippen molar-refractivity contribution < 1.29 is 9.21 Å². The molecule has 1 amide bonds. The Morgan fingerprint density at radius 3 is 2.66 bits per heavy atom. The Morgan fingerprint density at radius 2 is 1.91 bits per heavy atom. The lowest BCUT2D eigenvalue weighted by Gasteiger charge is -2.34. The van der Waals surface area contributed by atoms with Gasteiger partial charge in [-0.1, -0.05) is 26.0 Å². The molecule has 5 rings (SSSR count). The highest BCUT2D eigenvalue weighted by atomic mass is 32.1. The molecule has 1 aromatic carbocycles. The monoisotopic (exact) mass is 453 g/mol. The third kappa shape index (κ3) is 4.81. The summed E-state index contributed by atoms with van der Waals surface area (Å²) in [5.41, 5.74) is 2.73. The minimum atomic E-state index is -0.00762. The molecule has 2 aliphatic heterocycles. The standard InChI is InChI=1S/C24H31N5O2S/c1-16-11-17(2)13-28(12-16)14-19-15-32-23(25-19)27-22(30)18-7-9-29(10-8-18)24-26-20-5-3-4-6-21(20)31-24/h3-6,15-18H,7-14H2,1-2H3,(H,25,27,30)/t16-,17-/m0/s1. The number of para-hydroxylation sites is 2. The van der Waals surface area contributed by atoms with Crippen molar-refractivity contribution in [1.29, 1.82) is 0 Å². The van der Waals surface area contributed by atoms with Crippen LogP contribution in [-0.2, 0) is 11.3 Å². The largest absolute Gasteiger partial charge is 0.423 e. The van der Waals surface area contributed by atoms with Crippen molar-refractivity contribution in [3.8, 4) is 0 Å². The fourth-order valence-corrected chi connectivity index (χ4v) is 5.83. The lowest BCUT2D eigenvalue weighted by Crippen LogP contribution is -2.38. The molecular weight excluding hydrogens is 422 g/mol. The summed E-state index contributed by atoms with van der Waals surface area (Å²) >= 11 is 1.53. The number of oxazole rings is 1. The number of piperidine rings is 2. The van der Waals surface area contributed by atoms with Crippen LogP contribution in [0.4, 0.5) is 11.1 Å². The summed E-state index contributed by atoms with van der Waals surface area (Å²) in [4.78, 5) is 26.7. The van der Waals surface area contributed by atoms with Gasteiger partial charge in [-0.25, -0.2) is 4.98 Å². The summed E-state index contributed by atoms with van der Waals surface area (Å²) in [6.45, 7) is 9.29. The average Bonchev–Trinajstić information content (AvgIpc) is 3.40. The van der Waals surface area contributed by atoms with Crippen LogP contribution < -0.4 is 10.2 Å². The minimum absolute atomic E-state index is 0.00762. The van der Waals surface area contributed by atoms with Crippen LogP contribution in [0.3, 0.4) is 0 Å². The van der Waals surface area contributed by atoms with Gasteiger partial charge >= 0.3 is 0 Å². The van der Waals surface area contributed by atoms with Gasteiger partial charge in [-0.3, -0.25) is 9.69 Å². The van der Waals surface area contributed by atoms with E-state index in [1.54, 1.807) is 0 Å². The molecule has 3 aromatic rings. The third-order valence-corrected chi connectivity index (χ3v) is 7.34. The Balaban J connectivity index is 1.13. The van der Waals surface area contributed by atoms with Gasteiger partial charge in [-0.15, -0.1) is 11.3 Å². The second-order valence-electron chi connectivity index (χ2n) is 9.50. The first-order valence-electron chi connectivity index (χ1n) is 11.6. The quantitative estimate of drug-likeness (QED) is 0.608. The van der Waals surface area contributed by atoms with E-state index in [-0.39, 0.29) is 11.8 Å². The van der Waals surface area contributed by atoms with Crippen molar-refractivity contribution >= 4 is 39.5 Å². The fraction of sp³-hybridized carbons (Fsp3) is 0.542. The Labute approximate surface area is 192 Å². The Morgan fingerprint density at radius 1 is 1.16 bits per heavy atom. The Bertz CT molecular complexity index is 1030. The van der Waals surface area contributed by atoms with Crippen LogP contribution in [0.1, 0.15) is 38.8 Å². The van der Waals surface area contributed by atoms with E-state index in [0.29, 0.717) is 11.1 Å². The molecule has 2 aromatic heterocycles. The lowest BCUT2D eigenvalue weighted by molar-refractivity contribution is -0.120. The predicted molar refractivity (Wildman–Crippen MR) is 128 cm³/mol. The molecule has 7 nitrogen and oxygen atoms in total. The molecule has 1 N–H and O–H groups in total. The maximum Gasteiger partial charge on any atom is 0.298 e. The number of nitrogens with one attached hydrogen (secondary N) is 1. The first kappa shape index (κ1) is 21.4. The Kier molecular flexibility index (Phi) is 6.15. The summed E-state index contributed by atoms with van der Waals surface area (Å²) < 4.78 is 5.88. The summed E-state index contributed by atoms with van der Waals surface area (Å²) in [5.74, 6) is 1.53. The van der Waals surface area contributed by atoms with Gasteiger partial charge < -0.3 is 14.6 Å². The van der Waals surface area contributed by atoms with Gasteiger partial charge in [-0.2, -0.15) is 4.98 Å². The van der Waals surface area contributed by atoms with Gasteiger partial charge in [-0.05, 0) is 43.2 Å². The van der Waals surface area contributed by atoms with Gasteiger partial charge in [0.05, 0.1) is 5.69 Å². The van der Waals surface area contributed by atoms with E-state index >= 15 is 0 Å². The highest BCUT2D eigenvalue weighted by Crippen LogP contribution is 2.28. The maximum absolute atomic E-state index is 12.8.